The summed E-state index contributed by atoms with van der Waals surface area (Å²) >= 11 is 0. The average Bonchev–Trinajstić information content (AvgIpc) is 3.14. The Hall–Kier alpha value is -2.44. The first-order valence-electron chi connectivity index (χ1n) is 9.81. The Morgan fingerprint density at radius 3 is 1.89 bits per heavy atom. The molecule has 0 radical (unpaired) electrons. The van der Waals surface area contributed by atoms with Crippen molar-refractivity contribution >= 4 is 29.7 Å². The molecule has 1 aliphatic rings. The Bertz CT molecular complexity index is 929. The van der Waals surface area contributed by atoms with Gasteiger partial charge in [-0.2, -0.15) is 0 Å². The molecule has 0 aromatic heterocycles. The third-order valence-corrected chi connectivity index (χ3v) is 8.01. The van der Waals surface area contributed by atoms with Crippen LogP contribution in [0.5, 0.6) is 0 Å². The summed E-state index contributed by atoms with van der Waals surface area (Å²) in [6.45, 7) is 7.25. The van der Waals surface area contributed by atoms with E-state index < -0.39 is 7.92 Å². The Morgan fingerprint density at radius 2 is 1.36 bits per heavy atom. The van der Waals surface area contributed by atoms with E-state index in [1.165, 1.54) is 15.9 Å². The maximum atomic E-state index is 6.14. The van der Waals surface area contributed by atoms with Crippen LogP contribution in [0.3, 0.4) is 0 Å². The monoisotopic (exact) mass is 387 g/mol. The minimum atomic E-state index is -0.690. The third kappa shape index (κ3) is 3.62. The van der Waals surface area contributed by atoms with Gasteiger partial charge >= 0.3 is 0 Å². The maximum Gasteiger partial charge on any atom is 0.217 e. The van der Waals surface area contributed by atoms with E-state index >= 15 is 0 Å². The van der Waals surface area contributed by atoms with Gasteiger partial charge < -0.3 is 4.74 Å². The number of benzene rings is 3. The van der Waals surface area contributed by atoms with Crippen molar-refractivity contribution in [3.63, 3.8) is 0 Å². The van der Waals surface area contributed by atoms with Crippen molar-refractivity contribution in [3.05, 3.63) is 90.5 Å². The van der Waals surface area contributed by atoms with E-state index in [0.717, 1.165) is 11.5 Å². The Kier molecular flexibility index (Phi) is 5.33. The number of hydrogen-bond acceptors (Lipinski definition) is 2. The lowest BCUT2D eigenvalue weighted by Gasteiger charge is -2.22. The fourth-order valence-corrected chi connectivity index (χ4v) is 5.82. The highest BCUT2D eigenvalue weighted by atomic mass is 31.1. The molecule has 0 amide bonds. The minimum Gasteiger partial charge on any atom is -0.475 e. The largest absolute Gasteiger partial charge is 0.475 e. The summed E-state index contributed by atoms with van der Waals surface area (Å²) in [7, 11) is -0.690. The Morgan fingerprint density at radius 1 is 0.821 bits per heavy atom. The highest BCUT2D eigenvalue weighted by Crippen LogP contribution is 2.36. The summed E-state index contributed by atoms with van der Waals surface area (Å²) in [4.78, 5) is 5.02. The van der Waals surface area contributed by atoms with Crippen molar-refractivity contribution in [2.24, 2.45) is 10.9 Å². The SMILES string of the molecule is CC(C)[C@@]1(C)COC(c2ccccc2P(c2ccccc2)c2ccccc2)=N1. The van der Waals surface area contributed by atoms with Crippen molar-refractivity contribution in [3.8, 4) is 0 Å². The van der Waals surface area contributed by atoms with E-state index in [1.54, 1.807) is 0 Å². The second-order valence-corrected chi connectivity index (χ2v) is 9.93. The van der Waals surface area contributed by atoms with Gasteiger partial charge in [0.2, 0.25) is 5.90 Å². The molecule has 28 heavy (non-hydrogen) atoms. The number of hydrogen-bond donors (Lipinski definition) is 0. The Labute approximate surface area is 169 Å². The second-order valence-electron chi connectivity index (χ2n) is 7.74. The topological polar surface area (TPSA) is 21.6 Å². The molecule has 1 aliphatic heterocycles. The minimum absolute atomic E-state index is 0.162. The van der Waals surface area contributed by atoms with Crippen LogP contribution in [0.25, 0.3) is 0 Å². The molecule has 0 N–H and O–H groups in total. The molecule has 0 spiro atoms. The molecule has 0 saturated carbocycles. The number of nitrogens with zero attached hydrogens (tertiary/aromatic N) is 1. The molecule has 0 bridgehead atoms. The van der Waals surface area contributed by atoms with Crippen molar-refractivity contribution in [1.29, 1.82) is 0 Å². The predicted octanol–water partition coefficient (Wildman–Crippen LogP) is 4.64. The van der Waals surface area contributed by atoms with Crippen LogP contribution >= 0.6 is 7.92 Å². The lowest BCUT2D eigenvalue weighted by Crippen LogP contribution is -2.30. The summed E-state index contributed by atoms with van der Waals surface area (Å²) in [5.41, 5.74) is 0.954. The average molecular weight is 387 g/mol. The summed E-state index contributed by atoms with van der Waals surface area (Å²) in [5, 5.41) is 3.96. The van der Waals surface area contributed by atoms with E-state index in [-0.39, 0.29) is 5.54 Å². The van der Waals surface area contributed by atoms with Crippen LogP contribution in [0, 0.1) is 5.92 Å². The number of ether oxygens (including phenoxy) is 1. The zero-order valence-corrected chi connectivity index (χ0v) is 17.6. The van der Waals surface area contributed by atoms with Gasteiger partial charge in [-0.15, -0.1) is 0 Å². The van der Waals surface area contributed by atoms with Crippen LogP contribution in [0.15, 0.2) is 89.9 Å². The van der Waals surface area contributed by atoms with E-state index in [9.17, 15) is 0 Å². The van der Waals surface area contributed by atoms with E-state index in [4.69, 9.17) is 9.73 Å². The standard InChI is InChI=1S/C25H26NOP/c1-19(2)25(3)18-27-24(26-25)22-16-10-11-17-23(22)28(20-12-6-4-7-13-20)21-14-8-5-9-15-21/h4-17,19H,18H2,1-3H3/t25-/m1/s1. The quantitative estimate of drug-likeness (QED) is 0.585. The summed E-state index contributed by atoms with van der Waals surface area (Å²) in [6.07, 6.45) is 0. The van der Waals surface area contributed by atoms with Gasteiger partial charge in [0.1, 0.15) is 6.61 Å². The van der Waals surface area contributed by atoms with Gasteiger partial charge in [-0.3, -0.25) is 0 Å². The predicted molar refractivity (Wildman–Crippen MR) is 121 cm³/mol. The fraction of sp³-hybridized carbons (Fsp3) is 0.240. The van der Waals surface area contributed by atoms with Crippen molar-refractivity contribution in [1.82, 2.24) is 0 Å². The summed E-state index contributed by atoms with van der Waals surface area (Å²) in [6, 6.07) is 30.1. The van der Waals surface area contributed by atoms with Gasteiger partial charge in [0.05, 0.1) is 5.54 Å². The first-order valence-corrected chi connectivity index (χ1v) is 11.1. The van der Waals surface area contributed by atoms with Gasteiger partial charge in [-0.25, -0.2) is 4.99 Å². The lowest BCUT2D eigenvalue weighted by molar-refractivity contribution is 0.224. The molecule has 2 nitrogen and oxygen atoms in total. The summed E-state index contributed by atoms with van der Waals surface area (Å²) < 4.78 is 6.14. The van der Waals surface area contributed by atoms with Gasteiger partial charge in [-0.05, 0) is 42.7 Å². The van der Waals surface area contributed by atoms with Crippen LogP contribution < -0.4 is 15.9 Å². The van der Waals surface area contributed by atoms with E-state index in [2.05, 4.69) is 106 Å². The highest BCUT2D eigenvalue weighted by molar-refractivity contribution is 7.80. The first-order chi connectivity index (χ1) is 13.6. The third-order valence-electron chi connectivity index (χ3n) is 5.51. The van der Waals surface area contributed by atoms with Gasteiger partial charge in [-0.1, -0.05) is 92.7 Å². The van der Waals surface area contributed by atoms with Gasteiger partial charge in [0.15, 0.2) is 0 Å². The van der Waals surface area contributed by atoms with Crippen molar-refractivity contribution in [2.75, 3.05) is 6.61 Å². The molecule has 3 heteroatoms. The van der Waals surface area contributed by atoms with E-state index in [0.29, 0.717) is 12.5 Å². The van der Waals surface area contributed by atoms with Crippen LogP contribution in [0.4, 0.5) is 0 Å². The highest BCUT2D eigenvalue weighted by Gasteiger charge is 2.36. The second kappa shape index (κ2) is 7.89. The molecule has 0 fully saturated rings. The molecular formula is C25H26NOP. The molecule has 142 valence electrons. The molecule has 0 saturated heterocycles. The van der Waals surface area contributed by atoms with E-state index in [1.807, 2.05) is 0 Å². The van der Waals surface area contributed by atoms with Crippen molar-refractivity contribution in [2.45, 2.75) is 26.3 Å². The zero-order chi connectivity index (χ0) is 19.6. The molecule has 1 heterocycles. The molecule has 0 aliphatic carbocycles. The van der Waals surface area contributed by atoms with Crippen LogP contribution in [-0.4, -0.2) is 18.0 Å². The zero-order valence-electron chi connectivity index (χ0n) is 16.7. The molecule has 4 rings (SSSR count). The van der Waals surface area contributed by atoms with Crippen LogP contribution in [0.1, 0.15) is 26.3 Å². The van der Waals surface area contributed by atoms with Crippen LogP contribution in [0.2, 0.25) is 0 Å². The first kappa shape index (κ1) is 18.9. The maximum absolute atomic E-state index is 6.14. The number of rotatable bonds is 5. The Balaban J connectivity index is 1.86. The lowest BCUT2D eigenvalue weighted by atomic mass is 9.91. The van der Waals surface area contributed by atoms with Crippen molar-refractivity contribution < 1.29 is 4.74 Å². The van der Waals surface area contributed by atoms with Crippen LogP contribution in [-0.2, 0) is 4.74 Å². The fourth-order valence-electron chi connectivity index (χ4n) is 3.38. The molecule has 3 aromatic carbocycles. The smallest absolute Gasteiger partial charge is 0.217 e. The molecule has 0 unspecified atom stereocenters. The van der Waals surface area contributed by atoms with Gasteiger partial charge in [0.25, 0.3) is 0 Å². The molecule has 3 aromatic rings. The summed E-state index contributed by atoms with van der Waals surface area (Å²) in [5.74, 6) is 1.22. The van der Waals surface area contributed by atoms with Gasteiger partial charge in [0, 0.05) is 5.56 Å². The molecular weight excluding hydrogens is 361 g/mol. The molecule has 1 atom stereocenters. The number of aliphatic imine (C=N–C) groups is 1. The normalized spacial score (nSPS) is 19.0.